The van der Waals surface area contributed by atoms with Gasteiger partial charge in [-0.25, -0.2) is 0 Å². The Kier molecular flexibility index (Phi) is 23.8. The number of carbonyl (C=O) groups excluding carboxylic acids is 2. The first-order chi connectivity index (χ1) is 38.8. The Morgan fingerprint density at radius 2 is 0.659 bits per heavy atom. The number of aliphatic hydroxyl groups excluding tert-OH is 20. The Hall–Kier alpha value is -2.38. The summed E-state index contributed by atoms with van der Waals surface area (Å²) >= 11 is 0. The third kappa shape index (κ3) is 14.3. The van der Waals surface area contributed by atoms with Crippen molar-refractivity contribution in [2.45, 2.75) is 223 Å². The van der Waals surface area contributed by atoms with E-state index in [-0.39, 0.29) is 0 Å². The van der Waals surface area contributed by atoms with Crippen molar-refractivity contribution in [3.8, 4) is 0 Å². The van der Waals surface area contributed by atoms with E-state index in [0.29, 0.717) is 0 Å². The molecular formula is C45H76N2O35. The largest absolute Gasteiger partial charge is 0.394 e. The van der Waals surface area contributed by atoms with Crippen molar-refractivity contribution in [2.24, 2.45) is 0 Å². The third-order valence-electron chi connectivity index (χ3n) is 15.0. The van der Waals surface area contributed by atoms with Crippen molar-refractivity contribution in [2.75, 3.05) is 46.2 Å². The zero-order valence-electron chi connectivity index (χ0n) is 43.6. The molecule has 0 saturated carbocycles. The standard InChI is InChI=1S/C45H76N2O35/c1-10(54)46-19-26(61)34(16(7-52)71-39(19)69)78-40-20(47-11(2)55)27(62)35(17(8-53)76-40)79-45-38(82-42-30(65)23(58)14(5-50)75-42)37(81-44-32(67)29(64)22(57)13(4-49)74-44)25(60)18(77-45)9-70-41-33(68)36(24(59)15(6-51)72-41)80-43-31(66)28(63)21(56)12(3-48)73-43/h12-45,48-53,56-69H,3-9H2,1-2H3,(H,46,54)(H,47,55)/t12-,13-,14-,15-,16-,17-,18-,19-,20-,21-,22-,23+,24-,25-,26-,27-,28+,29+,30-,31+,32+,33+,34-,35-,36+,37+,38+,39?,40+,41+,42+,43-,44-,45+/m1/s1. The van der Waals surface area contributed by atoms with Gasteiger partial charge in [0, 0.05) is 13.8 Å². The zero-order valence-corrected chi connectivity index (χ0v) is 43.6. The first-order valence-electron chi connectivity index (χ1n) is 26.0. The van der Waals surface area contributed by atoms with Gasteiger partial charge in [0.05, 0.1) is 46.2 Å². The van der Waals surface area contributed by atoms with Crippen LogP contribution in [-0.4, -0.2) is 369 Å². The average molecular weight is 1210 g/mol. The molecule has 2 amide bonds. The molecule has 0 aromatic carbocycles. The Morgan fingerprint density at radius 3 is 1.15 bits per heavy atom. The number of hydrogen-bond acceptors (Lipinski definition) is 35. The van der Waals surface area contributed by atoms with Crippen molar-refractivity contribution in [1.82, 2.24) is 10.6 Å². The first kappa shape index (κ1) is 67.1. The summed E-state index contributed by atoms with van der Waals surface area (Å²) in [6, 6.07) is -3.43. The van der Waals surface area contributed by atoms with E-state index >= 15 is 0 Å². The van der Waals surface area contributed by atoms with E-state index in [0.717, 1.165) is 13.8 Å². The Labute approximate surface area is 464 Å². The molecule has 0 aromatic rings. The van der Waals surface area contributed by atoms with Gasteiger partial charge in [0.1, 0.15) is 165 Å². The molecule has 7 saturated heterocycles. The number of ether oxygens (including phenoxy) is 13. The molecule has 0 radical (unpaired) electrons. The monoisotopic (exact) mass is 1200 g/mol. The van der Waals surface area contributed by atoms with Gasteiger partial charge in [-0.05, 0) is 0 Å². The quantitative estimate of drug-likeness (QED) is 0.0507. The minimum absolute atomic E-state index is 0.745. The topological polar surface area (TPSA) is 583 Å². The van der Waals surface area contributed by atoms with Crippen LogP contribution in [0.2, 0.25) is 0 Å². The van der Waals surface area contributed by atoms with Crippen molar-refractivity contribution in [1.29, 1.82) is 0 Å². The average Bonchev–Trinajstić information content (AvgIpc) is 3.73. The normalized spacial score (nSPS) is 50.2. The minimum Gasteiger partial charge on any atom is -0.394 e. The van der Waals surface area contributed by atoms with Crippen LogP contribution >= 0.6 is 0 Å². The summed E-state index contributed by atoms with van der Waals surface area (Å²) in [7, 11) is 0. The van der Waals surface area contributed by atoms with Crippen LogP contribution in [0.3, 0.4) is 0 Å². The number of aliphatic hydroxyl groups is 20. The van der Waals surface area contributed by atoms with Crippen LogP contribution in [0.1, 0.15) is 13.8 Å². The molecule has 7 rings (SSSR count). The molecule has 0 aliphatic carbocycles. The highest BCUT2D eigenvalue weighted by atomic mass is 16.8. The van der Waals surface area contributed by atoms with Crippen LogP contribution in [0.5, 0.6) is 0 Å². The fourth-order valence-electron chi connectivity index (χ4n) is 10.5. The van der Waals surface area contributed by atoms with Crippen LogP contribution < -0.4 is 10.6 Å². The second-order valence-electron chi connectivity index (χ2n) is 20.6. The van der Waals surface area contributed by atoms with Gasteiger partial charge in [-0.15, -0.1) is 0 Å². The molecule has 37 heteroatoms. The number of amides is 2. The van der Waals surface area contributed by atoms with Gasteiger partial charge in [0.15, 0.2) is 44.0 Å². The molecular weight excluding hydrogens is 1130 g/mol. The number of rotatable bonds is 21. The Bertz CT molecular complexity index is 2010. The second kappa shape index (κ2) is 29.1. The molecule has 7 fully saturated rings. The molecule has 7 aliphatic rings. The molecule has 7 aliphatic heterocycles. The van der Waals surface area contributed by atoms with E-state index in [9.17, 15) is 112 Å². The summed E-state index contributed by atoms with van der Waals surface area (Å²) < 4.78 is 75.6. The number of nitrogens with one attached hydrogen (secondary N) is 2. The second-order valence-corrected chi connectivity index (χ2v) is 20.6. The maximum Gasteiger partial charge on any atom is 0.217 e. The Balaban J connectivity index is 1.24. The molecule has 1 unspecified atom stereocenters. The summed E-state index contributed by atoms with van der Waals surface area (Å²) in [5.74, 6) is -1.63. The predicted octanol–water partition coefficient (Wildman–Crippen LogP) is -15.3. The van der Waals surface area contributed by atoms with E-state index in [1.165, 1.54) is 0 Å². The van der Waals surface area contributed by atoms with Gasteiger partial charge < -0.3 is 174 Å². The highest BCUT2D eigenvalue weighted by Crippen LogP contribution is 2.38. The van der Waals surface area contributed by atoms with Gasteiger partial charge >= 0.3 is 0 Å². The van der Waals surface area contributed by atoms with Gasteiger partial charge in [0.25, 0.3) is 0 Å². The van der Waals surface area contributed by atoms with Gasteiger partial charge in [-0.2, -0.15) is 0 Å². The van der Waals surface area contributed by atoms with Crippen LogP contribution in [0.25, 0.3) is 0 Å². The van der Waals surface area contributed by atoms with Crippen LogP contribution in [0.4, 0.5) is 0 Å². The maximum absolute atomic E-state index is 12.8. The fraction of sp³-hybridized carbons (Fsp3) is 0.956. The van der Waals surface area contributed by atoms with E-state index in [1.54, 1.807) is 0 Å². The van der Waals surface area contributed by atoms with E-state index < -0.39 is 267 Å². The smallest absolute Gasteiger partial charge is 0.217 e. The lowest BCUT2D eigenvalue weighted by Crippen LogP contribution is -2.70. The molecule has 7 heterocycles. The zero-order chi connectivity index (χ0) is 60.3. The Morgan fingerprint density at radius 1 is 0.317 bits per heavy atom. The van der Waals surface area contributed by atoms with Crippen LogP contribution in [-0.2, 0) is 71.2 Å². The number of hydrogen-bond donors (Lipinski definition) is 22. The molecule has 476 valence electrons. The van der Waals surface area contributed by atoms with Crippen molar-refractivity contribution >= 4 is 11.8 Å². The minimum atomic E-state index is -2.29. The lowest BCUT2D eigenvalue weighted by molar-refractivity contribution is -0.399. The van der Waals surface area contributed by atoms with Crippen LogP contribution in [0.15, 0.2) is 0 Å². The summed E-state index contributed by atoms with van der Waals surface area (Å²) in [6.07, 6.45) is -63.1. The lowest BCUT2D eigenvalue weighted by Gasteiger charge is -2.51. The summed E-state index contributed by atoms with van der Waals surface area (Å²) in [5.41, 5.74) is 0. The molecule has 0 bridgehead atoms. The molecule has 37 nitrogen and oxygen atoms in total. The summed E-state index contributed by atoms with van der Waals surface area (Å²) in [4.78, 5) is 24.8. The lowest BCUT2D eigenvalue weighted by atomic mass is 9.93. The highest BCUT2D eigenvalue weighted by Gasteiger charge is 2.59. The first-order valence-corrected chi connectivity index (χ1v) is 26.0. The molecule has 0 aromatic heterocycles. The third-order valence-corrected chi connectivity index (χ3v) is 15.0. The molecule has 82 heavy (non-hydrogen) atoms. The van der Waals surface area contributed by atoms with Crippen molar-refractivity contribution in [3.63, 3.8) is 0 Å². The van der Waals surface area contributed by atoms with Crippen molar-refractivity contribution in [3.05, 3.63) is 0 Å². The maximum atomic E-state index is 12.8. The highest BCUT2D eigenvalue weighted by molar-refractivity contribution is 5.73. The predicted molar refractivity (Wildman–Crippen MR) is 249 cm³/mol. The van der Waals surface area contributed by atoms with Gasteiger partial charge in [-0.3, -0.25) is 9.59 Å². The van der Waals surface area contributed by atoms with Crippen molar-refractivity contribution < 1.29 is 173 Å². The van der Waals surface area contributed by atoms with Crippen LogP contribution in [0, 0.1) is 0 Å². The molecule has 0 spiro atoms. The molecule has 34 atom stereocenters. The summed E-state index contributed by atoms with van der Waals surface area (Å²) in [5, 5.41) is 220. The summed E-state index contributed by atoms with van der Waals surface area (Å²) in [6.45, 7) is -4.94. The molecule has 22 N–H and O–H groups in total. The SMILES string of the molecule is CC(=O)N[C@H]1[C@H](O[C@H]2[C@H](O)[C@@H](NC(C)=O)C(O)O[C@@H]2CO)O[C@H](CO)[C@@H](O[C@@H]2O[C@H](CO[C@H]3O[C@H](CO)[C@@H](O)[C@H](O[C@H]4O[C@H](CO)[C@@H](O)[C@H](O)[C@@H]4O)[C@@H]3O)[C@@H](O)[C@H](O[C@H]3O[C@H](CO)[C@@H](O)[C@H](O)[C@@H]3O)[C@@H]2O[C@@H]2O[C@H](CO)[C@H](O)[C@H]2O)[C@@H]1O. The van der Waals surface area contributed by atoms with Gasteiger partial charge in [0.2, 0.25) is 11.8 Å². The van der Waals surface area contributed by atoms with Gasteiger partial charge in [-0.1, -0.05) is 0 Å². The van der Waals surface area contributed by atoms with E-state index in [2.05, 4.69) is 10.6 Å². The number of carbonyl (C=O) groups is 2. The van der Waals surface area contributed by atoms with E-state index in [4.69, 9.17) is 61.6 Å². The van der Waals surface area contributed by atoms with E-state index in [1.807, 2.05) is 0 Å². The fourth-order valence-corrected chi connectivity index (χ4v) is 10.5.